The van der Waals surface area contributed by atoms with E-state index in [-0.39, 0.29) is 26.4 Å². The van der Waals surface area contributed by atoms with Crippen LogP contribution in [0.2, 0.25) is 0 Å². The van der Waals surface area contributed by atoms with E-state index >= 15 is 0 Å². The third-order valence-electron chi connectivity index (χ3n) is 3.17. The van der Waals surface area contributed by atoms with Gasteiger partial charge in [0.1, 0.15) is 0 Å². The zero-order valence-electron chi connectivity index (χ0n) is 15.5. The van der Waals surface area contributed by atoms with E-state index in [1.54, 1.807) is 27.7 Å². The number of hydrogen-bond donors (Lipinski definition) is 2. The predicted molar refractivity (Wildman–Crippen MR) is 93.9 cm³/mol. The summed E-state index contributed by atoms with van der Waals surface area (Å²) >= 11 is 0. The van der Waals surface area contributed by atoms with Crippen molar-refractivity contribution in [1.82, 2.24) is 4.86 Å². The van der Waals surface area contributed by atoms with E-state index in [9.17, 15) is 9.46 Å². The summed E-state index contributed by atoms with van der Waals surface area (Å²) in [6.45, 7) is 7.23. The van der Waals surface area contributed by atoms with E-state index in [0.29, 0.717) is 0 Å². The van der Waals surface area contributed by atoms with Crippen molar-refractivity contribution in [3.8, 4) is 0 Å². The zero-order chi connectivity index (χ0) is 18.5. The number of hydrogen-bond acceptors (Lipinski definition) is 6. The van der Waals surface area contributed by atoms with Crippen molar-refractivity contribution in [2.24, 2.45) is 0 Å². The number of nitrogens with one attached hydrogen (secondary N) is 1. The lowest BCUT2D eigenvalue weighted by Crippen LogP contribution is -2.61. The fraction of sp³-hybridized carbons (Fsp3) is 1.00. The first-order valence-corrected chi connectivity index (χ1v) is 11.8. The Labute approximate surface area is 147 Å². The van der Waals surface area contributed by atoms with E-state index in [1.165, 1.54) is 32.1 Å². The monoisotopic (exact) mass is 389 g/mol. The van der Waals surface area contributed by atoms with E-state index < -0.39 is 15.8 Å². The minimum atomic E-state index is -3.66. The Morgan fingerprint density at radius 3 is 1.75 bits per heavy atom. The van der Waals surface area contributed by atoms with Crippen LogP contribution in [0.1, 0.15) is 59.8 Å². The van der Waals surface area contributed by atoms with Crippen LogP contribution in [0.25, 0.3) is 0 Å². The maximum Gasteiger partial charge on any atom is 0.441 e. The molecule has 146 valence electrons. The van der Waals surface area contributed by atoms with Crippen LogP contribution in [-0.2, 0) is 22.7 Å². The maximum absolute atomic E-state index is 12.1. The summed E-state index contributed by atoms with van der Waals surface area (Å²) in [5.41, 5.74) is 4.00. The summed E-state index contributed by atoms with van der Waals surface area (Å²) in [4.78, 5) is 14.3. The minimum absolute atomic E-state index is 0.155. The van der Waals surface area contributed by atoms with Gasteiger partial charge in [0.25, 0.3) is 0 Å². The first-order chi connectivity index (χ1) is 11.3. The molecule has 0 heterocycles. The lowest BCUT2D eigenvalue weighted by molar-refractivity contribution is -0.425. The molecular weight excluding hydrogens is 354 g/mol. The van der Waals surface area contributed by atoms with Crippen LogP contribution in [-0.4, -0.2) is 32.5 Å². The minimum Gasteiger partial charge on any atom is -0.616 e. The van der Waals surface area contributed by atoms with Crippen LogP contribution in [0.3, 0.4) is 0 Å². The van der Waals surface area contributed by atoms with Crippen LogP contribution < -0.4 is 15.5 Å². The van der Waals surface area contributed by atoms with Crippen molar-refractivity contribution in [2.75, 3.05) is 26.4 Å². The summed E-state index contributed by atoms with van der Waals surface area (Å²) in [5, 5.41) is 0. The first-order valence-electron chi connectivity index (χ1n) is 8.75. The second kappa shape index (κ2) is 13.6. The molecular formula is C14H35N2O6P2+. The molecule has 1 aliphatic carbocycles. The van der Waals surface area contributed by atoms with E-state index in [0.717, 1.165) is 6.04 Å². The average molecular weight is 389 g/mol. The first kappa shape index (κ1) is 24.4. The second-order valence-corrected chi connectivity index (χ2v) is 9.09. The Morgan fingerprint density at radius 2 is 1.46 bits per heavy atom. The molecule has 10 heteroatoms. The van der Waals surface area contributed by atoms with Gasteiger partial charge in [-0.05, 0) is 58.2 Å². The lowest BCUT2D eigenvalue weighted by atomic mass is 9.97. The molecule has 8 nitrogen and oxygen atoms in total. The van der Waals surface area contributed by atoms with Gasteiger partial charge in [-0.3, -0.25) is 9.05 Å². The molecule has 24 heavy (non-hydrogen) atoms. The van der Waals surface area contributed by atoms with Crippen molar-refractivity contribution >= 4 is 15.8 Å². The van der Waals surface area contributed by atoms with Crippen molar-refractivity contribution < 1.29 is 33.3 Å². The molecule has 0 saturated heterocycles. The Morgan fingerprint density at radius 1 is 1.00 bits per heavy atom. The van der Waals surface area contributed by atoms with Gasteiger partial charge in [0.05, 0.1) is 32.5 Å². The molecule has 0 aromatic carbocycles. The van der Waals surface area contributed by atoms with Crippen molar-refractivity contribution in [3.05, 3.63) is 0 Å². The molecule has 0 spiro atoms. The van der Waals surface area contributed by atoms with E-state index in [2.05, 4.69) is 10.6 Å². The molecule has 0 aromatic rings. The Hall–Kier alpha value is 0.380. The van der Waals surface area contributed by atoms with Crippen LogP contribution in [0, 0.1) is 0 Å². The molecule has 1 aliphatic rings. The highest BCUT2D eigenvalue weighted by molar-refractivity contribution is 7.70. The zero-order valence-corrected chi connectivity index (χ0v) is 17.3. The standard InChI is InChI=1S/C8H21NO6P2.C6H13N/c1-5-12-16(10,13-6-2)9-17(11,14-7-3)15-8-4;7-6-4-2-1-3-5-6/h5-8H2,1-4H3,(H,9,10,11);6H,1-5,7H2/p+1. The SMILES string of the molecule is CCOP(=O)(N[P+]([O-])(OCC)OCC)OCC.[NH3+]C1CCCCC1. The van der Waals surface area contributed by atoms with Gasteiger partial charge in [-0.2, -0.15) is 9.05 Å². The van der Waals surface area contributed by atoms with Crippen LogP contribution in [0.5, 0.6) is 0 Å². The average Bonchev–Trinajstić information content (AvgIpc) is 2.49. The van der Waals surface area contributed by atoms with Crippen LogP contribution >= 0.6 is 15.8 Å². The summed E-state index contributed by atoms with van der Waals surface area (Å²) in [6.07, 6.45) is 7.05. The summed E-state index contributed by atoms with van der Waals surface area (Å²) in [6, 6.07) is 0.786. The third kappa shape index (κ3) is 11.1. The van der Waals surface area contributed by atoms with E-state index in [1.807, 2.05) is 0 Å². The van der Waals surface area contributed by atoms with Crippen LogP contribution in [0.4, 0.5) is 0 Å². The van der Waals surface area contributed by atoms with Gasteiger partial charge in [0.2, 0.25) is 0 Å². The fourth-order valence-electron chi connectivity index (χ4n) is 2.21. The van der Waals surface area contributed by atoms with E-state index in [4.69, 9.17) is 18.1 Å². The predicted octanol–water partition coefficient (Wildman–Crippen LogP) is 2.43. The van der Waals surface area contributed by atoms with Gasteiger partial charge in [0, 0.05) is 0 Å². The third-order valence-corrected chi connectivity index (χ3v) is 7.52. The summed E-state index contributed by atoms with van der Waals surface area (Å²) in [5.74, 6) is 0. The quantitative estimate of drug-likeness (QED) is 0.551. The van der Waals surface area contributed by atoms with Gasteiger partial charge < -0.3 is 10.6 Å². The van der Waals surface area contributed by atoms with Gasteiger partial charge >= 0.3 is 15.8 Å². The highest BCUT2D eigenvalue weighted by Gasteiger charge is 2.41. The van der Waals surface area contributed by atoms with Crippen molar-refractivity contribution in [3.63, 3.8) is 0 Å². The Balaban J connectivity index is 0.000000620. The molecule has 1 rings (SSSR count). The van der Waals surface area contributed by atoms with Gasteiger partial charge in [0.15, 0.2) is 0 Å². The summed E-state index contributed by atoms with van der Waals surface area (Å²) < 4.78 is 31.9. The molecule has 0 unspecified atom stereocenters. The maximum atomic E-state index is 12.1. The van der Waals surface area contributed by atoms with Crippen molar-refractivity contribution in [1.29, 1.82) is 0 Å². The molecule has 4 N–H and O–H groups in total. The highest BCUT2D eigenvalue weighted by atomic mass is 31.3. The molecule has 0 radical (unpaired) electrons. The molecule has 0 bridgehead atoms. The fourth-order valence-corrected chi connectivity index (χ4v) is 5.84. The van der Waals surface area contributed by atoms with Gasteiger partial charge in [-0.1, -0.05) is 6.42 Å². The van der Waals surface area contributed by atoms with Gasteiger partial charge in [-0.15, -0.1) is 0 Å². The van der Waals surface area contributed by atoms with Crippen molar-refractivity contribution in [2.45, 2.75) is 65.8 Å². The molecule has 1 saturated carbocycles. The Kier molecular flexibility index (Phi) is 13.8. The number of rotatable bonds is 10. The molecule has 0 aromatic heterocycles. The second-order valence-electron chi connectivity index (χ2n) is 5.27. The largest absolute Gasteiger partial charge is 0.616 e. The molecule has 1 fully saturated rings. The molecule has 0 aliphatic heterocycles. The topological polar surface area (TPSA) is 117 Å². The lowest BCUT2D eigenvalue weighted by Gasteiger charge is -2.28. The van der Waals surface area contributed by atoms with Crippen LogP contribution in [0.15, 0.2) is 0 Å². The molecule has 0 amide bonds. The molecule has 0 atom stereocenters. The Bertz CT molecular complexity index is 340. The summed E-state index contributed by atoms with van der Waals surface area (Å²) in [7, 11) is -7.33. The number of quaternary nitrogens is 1. The normalized spacial score (nSPS) is 16.6. The smallest absolute Gasteiger partial charge is 0.441 e. The highest BCUT2D eigenvalue weighted by Crippen LogP contribution is 2.60. The van der Waals surface area contributed by atoms with Gasteiger partial charge in [-0.25, -0.2) is 4.57 Å².